The molecule has 1 aromatic rings. The zero-order valence-corrected chi connectivity index (χ0v) is 8.27. The van der Waals surface area contributed by atoms with Crippen LogP contribution < -0.4 is 5.73 Å². The largest absolute Gasteiger partial charge is 0.330 e. The van der Waals surface area contributed by atoms with E-state index in [0.29, 0.717) is 0 Å². The van der Waals surface area contributed by atoms with Gasteiger partial charge in [-0.2, -0.15) is 0 Å². The van der Waals surface area contributed by atoms with Crippen LogP contribution >= 0.6 is 0 Å². The predicted octanol–water partition coefficient (Wildman–Crippen LogP) is 0.438. The fraction of sp³-hybridized carbons (Fsp3) is 0.875. The molecular formula is C8H17N5. The molecule has 0 saturated heterocycles. The minimum Gasteiger partial charge on any atom is -0.330 e. The van der Waals surface area contributed by atoms with Gasteiger partial charge in [-0.1, -0.05) is 13.8 Å². The van der Waals surface area contributed by atoms with E-state index in [2.05, 4.69) is 29.4 Å². The molecule has 5 nitrogen and oxygen atoms in total. The van der Waals surface area contributed by atoms with Crippen LogP contribution in [0.15, 0.2) is 6.33 Å². The molecule has 1 heterocycles. The zero-order valence-electron chi connectivity index (χ0n) is 8.27. The quantitative estimate of drug-likeness (QED) is 0.719. The highest BCUT2D eigenvalue weighted by Crippen LogP contribution is 2.20. The summed E-state index contributed by atoms with van der Waals surface area (Å²) < 4.78 is 1.74. The van der Waals surface area contributed by atoms with Crippen LogP contribution in [-0.4, -0.2) is 26.8 Å². The Morgan fingerprint density at radius 2 is 2.23 bits per heavy atom. The first-order valence-electron chi connectivity index (χ1n) is 4.55. The van der Waals surface area contributed by atoms with Crippen molar-refractivity contribution in [2.75, 3.05) is 6.54 Å². The lowest BCUT2D eigenvalue weighted by Crippen LogP contribution is -2.23. The first-order chi connectivity index (χ1) is 6.14. The number of aromatic nitrogens is 4. The summed E-state index contributed by atoms with van der Waals surface area (Å²) in [6.07, 6.45) is 3.80. The Labute approximate surface area is 78.3 Å². The van der Waals surface area contributed by atoms with E-state index in [1.54, 1.807) is 11.0 Å². The van der Waals surface area contributed by atoms with Gasteiger partial charge in [-0.25, -0.2) is 4.68 Å². The minimum atomic E-state index is 0.230. The van der Waals surface area contributed by atoms with Crippen molar-refractivity contribution >= 4 is 0 Å². The molecule has 1 rings (SSSR count). The summed E-state index contributed by atoms with van der Waals surface area (Å²) in [6, 6.07) is 0. The van der Waals surface area contributed by atoms with Crippen LogP contribution in [0.4, 0.5) is 0 Å². The van der Waals surface area contributed by atoms with Crippen molar-refractivity contribution in [3.63, 3.8) is 0 Å². The summed E-state index contributed by atoms with van der Waals surface area (Å²) in [5.41, 5.74) is 5.85. The fourth-order valence-electron chi connectivity index (χ4n) is 1.10. The molecule has 0 radical (unpaired) electrons. The molecule has 13 heavy (non-hydrogen) atoms. The zero-order chi connectivity index (χ0) is 9.73. The summed E-state index contributed by atoms with van der Waals surface area (Å²) in [4.78, 5) is 0. The molecular weight excluding hydrogens is 166 g/mol. The van der Waals surface area contributed by atoms with E-state index in [4.69, 9.17) is 5.73 Å². The van der Waals surface area contributed by atoms with Gasteiger partial charge in [0.25, 0.3) is 0 Å². The molecule has 0 unspecified atom stereocenters. The summed E-state index contributed by atoms with van der Waals surface area (Å²) in [7, 11) is 0. The van der Waals surface area contributed by atoms with E-state index in [1.165, 1.54) is 0 Å². The lowest BCUT2D eigenvalue weighted by Gasteiger charge is -2.21. The second-order valence-corrected chi connectivity index (χ2v) is 4.04. The van der Waals surface area contributed by atoms with Crippen molar-refractivity contribution in [3.8, 4) is 0 Å². The van der Waals surface area contributed by atoms with E-state index < -0.39 is 0 Å². The number of nitrogens with two attached hydrogens (primary N) is 1. The van der Waals surface area contributed by atoms with Crippen molar-refractivity contribution in [2.45, 2.75) is 33.2 Å². The van der Waals surface area contributed by atoms with Crippen LogP contribution in [-0.2, 0) is 6.54 Å². The summed E-state index contributed by atoms with van der Waals surface area (Å²) >= 11 is 0. The monoisotopic (exact) mass is 183 g/mol. The molecule has 0 fully saturated rings. The Morgan fingerprint density at radius 3 is 2.77 bits per heavy atom. The molecule has 74 valence electrons. The maximum Gasteiger partial charge on any atom is 0.138 e. The van der Waals surface area contributed by atoms with E-state index in [9.17, 15) is 0 Å². The molecule has 0 amide bonds. The molecule has 1 aromatic heterocycles. The maximum atomic E-state index is 5.62. The van der Waals surface area contributed by atoms with Gasteiger partial charge >= 0.3 is 0 Å². The third-order valence-corrected chi connectivity index (χ3v) is 2.18. The molecule has 2 N–H and O–H groups in total. The first-order valence-corrected chi connectivity index (χ1v) is 4.55. The van der Waals surface area contributed by atoms with Crippen molar-refractivity contribution in [1.82, 2.24) is 20.2 Å². The molecule has 0 aromatic carbocycles. The Hall–Kier alpha value is -0.970. The number of aryl methyl sites for hydroxylation is 1. The van der Waals surface area contributed by atoms with Gasteiger partial charge in [0, 0.05) is 6.54 Å². The molecule has 0 aliphatic rings. The summed E-state index contributed by atoms with van der Waals surface area (Å²) in [6.45, 7) is 5.94. The van der Waals surface area contributed by atoms with Gasteiger partial charge in [0.1, 0.15) is 6.33 Å². The topological polar surface area (TPSA) is 69.6 Å². The van der Waals surface area contributed by atoms with Crippen LogP contribution in [0.2, 0.25) is 0 Å². The third-order valence-electron chi connectivity index (χ3n) is 2.18. The van der Waals surface area contributed by atoms with Gasteiger partial charge in [0.05, 0.1) is 0 Å². The second-order valence-electron chi connectivity index (χ2n) is 4.04. The predicted molar refractivity (Wildman–Crippen MR) is 49.9 cm³/mol. The van der Waals surface area contributed by atoms with Crippen molar-refractivity contribution in [3.05, 3.63) is 6.33 Å². The standard InChI is InChI=1S/C8H17N5/c1-8(2,6-9)4-3-5-13-7-10-11-12-13/h7H,3-6,9H2,1-2H3. The van der Waals surface area contributed by atoms with Crippen LogP contribution in [0.25, 0.3) is 0 Å². The second kappa shape index (κ2) is 4.32. The van der Waals surface area contributed by atoms with Gasteiger partial charge in [-0.3, -0.25) is 0 Å². The molecule has 0 bridgehead atoms. The average molecular weight is 183 g/mol. The number of nitrogens with zero attached hydrogens (tertiary/aromatic N) is 4. The highest BCUT2D eigenvalue weighted by Gasteiger charge is 2.14. The number of tetrazole rings is 1. The van der Waals surface area contributed by atoms with Gasteiger partial charge in [-0.05, 0) is 35.2 Å². The van der Waals surface area contributed by atoms with E-state index in [-0.39, 0.29) is 5.41 Å². The molecule has 5 heteroatoms. The van der Waals surface area contributed by atoms with Gasteiger partial charge in [0.15, 0.2) is 0 Å². The van der Waals surface area contributed by atoms with Crippen LogP contribution in [0.5, 0.6) is 0 Å². The lowest BCUT2D eigenvalue weighted by molar-refractivity contribution is 0.323. The molecule has 0 atom stereocenters. The SMILES string of the molecule is CC(C)(CN)CCCn1cnnn1. The Balaban J connectivity index is 2.21. The van der Waals surface area contributed by atoms with Crippen LogP contribution in [0, 0.1) is 5.41 Å². The maximum absolute atomic E-state index is 5.62. The number of hydrogen-bond acceptors (Lipinski definition) is 4. The van der Waals surface area contributed by atoms with Gasteiger partial charge in [-0.15, -0.1) is 5.10 Å². The Kier molecular flexibility index (Phi) is 3.36. The molecule has 0 aliphatic heterocycles. The fourth-order valence-corrected chi connectivity index (χ4v) is 1.10. The number of rotatable bonds is 5. The van der Waals surface area contributed by atoms with Crippen molar-refractivity contribution in [1.29, 1.82) is 0 Å². The normalized spacial score (nSPS) is 11.9. The Bertz CT molecular complexity index is 229. The smallest absolute Gasteiger partial charge is 0.138 e. The Morgan fingerprint density at radius 1 is 1.46 bits per heavy atom. The van der Waals surface area contributed by atoms with E-state index in [0.717, 1.165) is 25.9 Å². The van der Waals surface area contributed by atoms with Crippen molar-refractivity contribution in [2.24, 2.45) is 11.1 Å². The lowest BCUT2D eigenvalue weighted by atomic mass is 9.88. The minimum absolute atomic E-state index is 0.230. The average Bonchev–Trinajstić information content (AvgIpc) is 2.57. The van der Waals surface area contributed by atoms with E-state index >= 15 is 0 Å². The molecule has 0 saturated carbocycles. The van der Waals surface area contributed by atoms with Gasteiger partial charge in [0.2, 0.25) is 0 Å². The van der Waals surface area contributed by atoms with E-state index in [1.807, 2.05) is 0 Å². The van der Waals surface area contributed by atoms with Crippen molar-refractivity contribution < 1.29 is 0 Å². The molecule has 0 spiro atoms. The highest BCUT2D eigenvalue weighted by molar-refractivity contribution is 4.68. The third kappa shape index (κ3) is 3.50. The van der Waals surface area contributed by atoms with Crippen LogP contribution in [0.3, 0.4) is 0 Å². The molecule has 0 aliphatic carbocycles. The summed E-state index contributed by atoms with van der Waals surface area (Å²) in [5, 5.41) is 10.9. The number of hydrogen-bond donors (Lipinski definition) is 1. The highest BCUT2D eigenvalue weighted by atomic mass is 15.5. The van der Waals surface area contributed by atoms with Crippen LogP contribution in [0.1, 0.15) is 26.7 Å². The first kappa shape index (κ1) is 10.1. The summed E-state index contributed by atoms with van der Waals surface area (Å²) in [5.74, 6) is 0. The van der Waals surface area contributed by atoms with Gasteiger partial charge < -0.3 is 5.73 Å².